The third kappa shape index (κ3) is 2.32. The number of aromatic nitrogens is 2. The molecule has 1 aromatic carbocycles. The molecule has 4 rings (SSSR count). The predicted molar refractivity (Wildman–Crippen MR) is 100 cm³/mol. The molecule has 0 fully saturated rings. The fourth-order valence-electron chi connectivity index (χ4n) is 5.19. The fourth-order valence-corrected chi connectivity index (χ4v) is 5.19. The first-order valence-electron chi connectivity index (χ1n) is 9.20. The zero-order chi connectivity index (χ0) is 19.6. The number of carbonyl (C=O) groups is 1. The van der Waals surface area contributed by atoms with Gasteiger partial charge in [-0.25, -0.2) is 4.39 Å². The lowest BCUT2D eigenvalue weighted by Gasteiger charge is -2.49. The molecule has 0 amide bonds. The third-order valence-electron chi connectivity index (χ3n) is 6.45. The summed E-state index contributed by atoms with van der Waals surface area (Å²) in [6, 6.07) is 8.55. The van der Waals surface area contributed by atoms with Gasteiger partial charge in [0.25, 0.3) is 0 Å². The Hall–Kier alpha value is -2.74. The predicted octanol–water partition coefficient (Wildman–Crippen LogP) is 4.11. The summed E-state index contributed by atoms with van der Waals surface area (Å²) in [6.07, 6.45) is 3.48. The zero-order valence-electron chi connectivity index (χ0n) is 16.0. The molecule has 0 spiro atoms. The number of fused-ring (bicyclic) bond motifs is 3. The summed E-state index contributed by atoms with van der Waals surface area (Å²) in [5.41, 5.74) is 3.08. The van der Waals surface area contributed by atoms with Crippen LogP contribution < -0.4 is 0 Å². The van der Waals surface area contributed by atoms with Gasteiger partial charge >= 0.3 is 0 Å². The number of nitrogens with zero attached hydrogens (tertiary/aromatic N) is 3. The second kappa shape index (κ2) is 5.63. The molecule has 27 heavy (non-hydrogen) atoms. The van der Waals surface area contributed by atoms with Crippen molar-refractivity contribution >= 4 is 5.78 Å². The number of carbonyl (C=O) groups excluding carboxylic acids is 1. The first-order chi connectivity index (χ1) is 12.7. The first-order valence-corrected chi connectivity index (χ1v) is 9.20. The molecule has 2 unspecified atom stereocenters. The molecule has 2 aromatic rings. The normalized spacial score (nSPS) is 26.0. The van der Waals surface area contributed by atoms with Gasteiger partial charge in [-0.15, -0.1) is 0 Å². The molecule has 138 valence electrons. The molecule has 2 aliphatic rings. The van der Waals surface area contributed by atoms with Gasteiger partial charge in [-0.1, -0.05) is 26.8 Å². The fraction of sp³-hybridized carbons (Fsp3) is 0.409. The van der Waals surface area contributed by atoms with E-state index < -0.39 is 10.8 Å². The summed E-state index contributed by atoms with van der Waals surface area (Å²) in [5.74, 6) is -0.264. The Labute approximate surface area is 158 Å². The zero-order valence-corrected chi connectivity index (χ0v) is 16.0. The quantitative estimate of drug-likeness (QED) is 0.766. The summed E-state index contributed by atoms with van der Waals surface area (Å²) >= 11 is 0. The Bertz CT molecular complexity index is 1020. The summed E-state index contributed by atoms with van der Waals surface area (Å²) in [6.45, 7) is 5.97. The second-order valence-corrected chi connectivity index (χ2v) is 8.40. The van der Waals surface area contributed by atoms with Gasteiger partial charge in [0.1, 0.15) is 11.9 Å². The Morgan fingerprint density at radius 1 is 1.26 bits per heavy atom. The van der Waals surface area contributed by atoms with E-state index in [9.17, 15) is 14.4 Å². The van der Waals surface area contributed by atoms with Crippen molar-refractivity contribution in [2.45, 2.75) is 39.0 Å². The maximum atomic E-state index is 13.4. The van der Waals surface area contributed by atoms with Gasteiger partial charge in [0, 0.05) is 29.0 Å². The van der Waals surface area contributed by atoms with Gasteiger partial charge < -0.3 is 0 Å². The lowest BCUT2D eigenvalue weighted by Crippen LogP contribution is -2.51. The number of hydrogen-bond donors (Lipinski definition) is 0. The highest BCUT2D eigenvalue weighted by Gasteiger charge is 2.55. The number of hydrogen-bond acceptors (Lipinski definition) is 3. The van der Waals surface area contributed by atoms with E-state index in [1.807, 2.05) is 31.7 Å². The topological polar surface area (TPSA) is 58.7 Å². The van der Waals surface area contributed by atoms with Crippen molar-refractivity contribution in [2.24, 2.45) is 18.4 Å². The maximum absolute atomic E-state index is 13.4. The molecule has 2 atom stereocenters. The average molecular weight is 363 g/mol. The first kappa shape index (κ1) is 17.7. The summed E-state index contributed by atoms with van der Waals surface area (Å²) < 4.78 is 15.2. The summed E-state index contributed by atoms with van der Waals surface area (Å²) in [5, 5.41) is 14.3. The molecule has 0 bridgehead atoms. The Balaban J connectivity index is 1.95. The van der Waals surface area contributed by atoms with Crippen LogP contribution in [-0.4, -0.2) is 15.6 Å². The monoisotopic (exact) mass is 363 g/mol. The van der Waals surface area contributed by atoms with Crippen LogP contribution in [0.3, 0.4) is 0 Å². The number of benzene rings is 1. The highest BCUT2D eigenvalue weighted by atomic mass is 19.1. The van der Waals surface area contributed by atoms with Gasteiger partial charge in [-0.3, -0.25) is 9.48 Å². The molecular weight excluding hydrogens is 341 g/mol. The number of aryl methyl sites for hydroxylation is 1. The third-order valence-corrected chi connectivity index (χ3v) is 6.45. The number of allylic oxidation sites excluding steroid dienone is 2. The van der Waals surface area contributed by atoms with E-state index in [1.54, 1.807) is 12.1 Å². The van der Waals surface area contributed by atoms with E-state index in [-0.39, 0.29) is 23.1 Å². The number of ketones is 1. The molecule has 2 aliphatic carbocycles. The van der Waals surface area contributed by atoms with Crippen LogP contribution in [0.15, 0.2) is 35.9 Å². The van der Waals surface area contributed by atoms with Crippen LogP contribution in [0.5, 0.6) is 0 Å². The maximum Gasteiger partial charge on any atom is 0.178 e. The molecule has 0 saturated carbocycles. The SMILES string of the molecule is Cn1nc2c(c1-c1ccc(F)cc1)CCC1C(C)(C)C(=O)C(C#N)=CC21C. The molecular formula is C22H22FN3O. The van der Waals surface area contributed by atoms with Crippen molar-refractivity contribution in [2.75, 3.05) is 0 Å². The molecule has 0 aliphatic heterocycles. The standard InChI is InChI=1S/C22H22FN3O/c1-21(2)17-10-9-16-18(13-5-7-15(23)8-6-13)26(4)25-19(16)22(17,3)11-14(12-24)20(21)27/h5-8,11,17H,9-10H2,1-4H3. The lowest BCUT2D eigenvalue weighted by atomic mass is 9.52. The smallest absolute Gasteiger partial charge is 0.178 e. The van der Waals surface area contributed by atoms with E-state index in [0.29, 0.717) is 0 Å². The average Bonchev–Trinajstić information content (AvgIpc) is 2.96. The number of halogens is 1. The van der Waals surface area contributed by atoms with Crippen molar-refractivity contribution in [1.82, 2.24) is 9.78 Å². The van der Waals surface area contributed by atoms with Gasteiger partial charge in [0.05, 0.1) is 17.0 Å². The van der Waals surface area contributed by atoms with Crippen LogP contribution in [0.2, 0.25) is 0 Å². The van der Waals surface area contributed by atoms with Crippen molar-refractivity contribution in [3.05, 3.63) is 53.0 Å². The van der Waals surface area contributed by atoms with Crippen LogP contribution in [0.25, 0.3) is 11.3 Å². The van der Waals surface area contributed by atoms with Crippen molar-refractivity contribution < 1.29 is 9.18 Å². The molecule has 4 nitrogen and oxygen atoms in total. The van der Waals surface area contributed by atoms with E-state index in [0.717, 1.165) is 35.4 Å². The lowest BCUT2D eigenvalue weighted by molar-refractivity contribution is -0.128. The van der Waals surface area contributed by atoms with Crippen molar-refractivity contribution in [1.29, 1.82) is 5.26 Å². The van der Waals surface area contributed by atoms with Crippen molar-refractivity contribution in [3.8, 4) is 17.3 Å². The number of Topliss-reactive ketones (excluding diaryl/α,β-unsaturated/α-hetero) is 1. The van der Waals surface area contributed by atoms with E-state index in [4.69, 9.17) is 5.10 Å². The van der Waals surface area contributed by atoms with Crippen molar-refractivity contribution in [3.63, 3.8) is 0 Å². The Kier molecular flexibility index (Phi) is 3.68. The highest BCUT2D eigenvalue weighted by Crippen LogP contribution is 2.55. The molecule has 0 radical (unpaired) electrons. The minimum absolute atomic E-state index is 0.0781. The number of nitriles is 1. The number of rotatable bonds is 1. The minimum atomic E-state index is -0.611. The second-order valence-electron chi connectivity index (χ2n) is 8.40. The van der Waals surface area contributed by atoms with Crippen LogP contribution in [0.1, 0.15) is 38.4 Å². The van der Waals surface area contributed by atoms with Crippen LogP contribution >= 0.6 is 0 Å². The molecule has 0 N–H and O–H groups in total. The van der Waals surface area contributed by atoms with Gasteiger partial charge in [-0.05, 0) is 43.0 Å². The van der Waals surface area contributed by atoms with E-state index in [2.05, 4.69) is 13.0 Å². The summed E-state index contributed by atoms with van der Waals surface area (Å²) in [4.78, 5) is 12.8. The minimum Gasteiger partial charge on any atom is -0.293 e. The van der Waals surface area contributed by atoms with Crippen LogP contribution in [-0.2, 0) is 23.7 Å². The Morgan fingerprint density at radius 3 is 2.56 bits per heavy atom. The van der Waals surface area contributed by atoms with E-state index in [1.165, 1.54) is 12.1 Å². The molecule has 1 heterocycles. The van der Waals surface area contributed by atoms with E-state index >= 15 is 0 Å². The molecule has 5 heteroatoms. The van der Waals surface area contributed by atoms with Gasteiger partial charge in [0.2, 0.25) is 0 Å². The summed E-state index contributed by atoms with van der Waals surface area (Å²) in [7, 11) is 1.89. The van der Waals surface area contributed by atoms with Gasteiger partial charge in [-0.2, -0.15) is 10.4 Å². The van der Waals surface area contributed by atoms with Gasteiger partial charge in [0.15, 0.2) is 5.78 Å². The van der Waals surface area contributed by atoms with Crippen LogP contribution in [0, 0.1) is 28.5 Å². The molecule has 1 aromatic heterocycles. The Morgan fingerprint density at radius 2 is 1.93 bits per heavy atom. The largest absolute Gasteiger partial charge is 0.293 e. The van der Waals surface area contributed by atoms with Crippen LogP contribution in [0.4, 0.5) is 4.39 Å². The highest BCUT2D eigenvalue weighted by molar-refractivity contribution is 6.04. The molecule has 0 saturated heterocycles.